The largest absolute Gasteiger partial charge is 0.479 e. The molecule has 1 aliphatic heterocycles. The predicted molar refractivity (Wildman–Crippen MR) is 123 cm³/mol. The number of rotatable bonds is 6. The van der Waals surface area contributed by atoms with E-state index in [0.29, 0.717) is 13.0 Å². The van der Waals surface area contributed by atoms with Gasteiger partial charge in [-0.3, -0.25) is 4.79 Å². The number of likely N-dealkylation sites (tertiary alicyclic amines) is 1. The number of carbonyl (C=O) groups is 3. The van der Waals surface area contributed by atoms with Gasteiger partial charge in [0, 0.05) is 18.4 Å². The van der Waals surface area contributed by atoms with Gasteiger partial charge in [-0.15, -0.1) is 0 Å². The number of ether oxygens (including phenoxy) is 1. The van der Waals surface area contributed by atoms with E-state index in [9.17, 15) is 19.5 Å². The SMILES string of the molecule is O=C(NC[C@@H]1CCC[C@@H]1C(=O)N1CC(O)(C(=O)O)C1)OCC1c2ccccc2-c2ccccc21. The van der Waals surface area contributed by atoms with E-state index in [2.05, 4.69) is 29.6 Å². The molecule has 8 nitrogen and oxygen atoms in total. The molecule has 0 unspecified atom stereocenters. The number of carboxylic acids is 1. The van der Waals surface area contributed by atoms with Crippen LogP contribution in [0.25, 0.3) is 11.1 Å². The average Bonchev–Trinajstić information content (AvgIpc) is 3.41. The van der Waals surface area contributed by atoms with Crippen molar-refractivity contribution in [3.63, 3.8) is 0 Å². The molecule has 2 aromatic carbocycles. The summed E-state index contributed by atoms with van der Waals surface area (Å²) in [5.41, 5.74) is 2.78. The fourth-order valence-electron chi connectivity index (χ4n) is 5.58. The Bertz CT molecular complexity index is 1080. The first-order valence-electron chi connectivity index (χ1n) is 11.7. The van der Waals surface area contributed by atoms with Crippen LogP contribution in [-0.4, -0.2) is 64.9 Å². The van der Waals surface area contributed by atoms with Crippen molar-refractivity contribution < 1.29 is 29.3 Å². The predicted octanol–water partition coefficient (Wildman–Crippen LogP) is 2.60. The summed E-state index contributed by atoms with van der Waals surface area (Å²) in [4.78, 5) is 37.8. The smallest absolute Gasteiger partial charge is 0.407 e. The van der Waals surface area contributed by atoms with Gasteiger partial charge in [0.25, 0.3) is 0 Å². The molecule has 0 spiro atoms. The van der Waals surface area contributed by atoms with Crippen LogP contribution >= 0.6 is 0 Å². The maximum absolute atomic E-state index is 12.8. The number of nitrogens with zero attached hydrogens (tertiary/aromatic N) is 1. The van der Waals surface area contributed by atoms with Gasteiger partial charge >= 0.3 is 12.1 Å². The summed E-state index contributed by atoms with van der Waals surface area (Å²) in [6.07, 6.45) is 1.85. The van der Waals surface area contributed by atoms with Crippen molar-refractivity contribution in [3.8, 4) is 11.1 Å². The third-order valence-electron chi connectivity index (χ3n) is 7.44. The maximum atomic E-state index is 12.8. The number of aliphatic carboxylic acids is 1. The molecule has 2 amide bonds. The van der Waals surface area contributed by atoms with E-state index >= 15 is 0 Å². The molecule has 1 saturated heterocycles. The van der Waals surface area contributed by atoms with Gasteiger partial charge in [-0.05, 0) is 41.0 Å². The number of benzene rings is 2. The van der Waals surface area contributed by atoms with Gasteiger partial charge in [-0.2, -0.15) is 0 Å². The standard InChI is InChI=1S/C26H28N2O6/c29-23(28-14-26(33,15-28)24(30)31)17-11-5-6-16(17)12-27-25(32)34-13-22-20-9-3-1-7-18(20)19-8-2-4-10-21(19)22/h1-4,7-10,16-17,22,33H,5-6,11-15H2,(H,27,32)(H,30,31)/t16-,17-/m0/s1. The highest BCUT2D eigenvalue weighted by atomic mass is 16.5. The van der Waals surface area contributed by atoms with E-state index < -0.39 is 17.7 Å². The molecular weight excluding hydrogens is 436 g/mol. The third-order valence-corrected chi connectivity index (χ3v) is 7.44. The number of nitrogens with one attached hydrogen (secondary N) is 1. The first-order valence-corrected chi connectivity index (χ1v) is 11.7. The number of hydrogen-bond acceptors (Lipinski definition) is 5. The minimum absolute atomic E-state index is 0.0154. The Labute approximate surface area is 197 Å². The fourth-order valence-corrected chi connectivity index (χ4v) is 5.58. The molecule has 34 heavy (non-hydrogen) atoms. The van der Waals surface area contributed by atoms with Gasteiger partial charge in [0.15, 0.2) is 5.60 Å². The Kier molecular flexibility index (Phi) is 5.77. The zero-order valence-corrected chi connectivity index (χ0v) is 18.8. The molecular formula is C26H28N2O6. The summed E-state index contributed by atoms with van der Waals surface area (Å²) in [5.74, 6) is -1.80. The van der Waals surface area contributed by atoms with Crippen LogP contribution in [0.5, 0.6) is 0 Å². The van der Waals surface area contributed by atoms with E-state index in [1.807, 2.05) is 24.3 Å². The van der Waals surface area contributed by atoms with E-state index in [0.717, 1.165) is 24.0 Å². The van der Waals surface area contributed by atoms with Crippen molar-refractivity contribution in [2.45, 2.75) is 30.8 Å². The van der Waals surface area contributed by atoms with Crippen LogP contribution in [0, 0.1) is 11.8 Å². The molecule has 0 aromatic heterocycles. The lowest BCUT2D eigenvalue weighted by molar-refractivity contribution is -0.183. The molecule has 1 heterocycles. The Hall–Kier alpha value is -3.39. The van der Waals surface area contributed by atoms with Gasteiger partial charge in [-0.1, -0.05) is 55.0 Å². The highest BCUT2D eigenvalue weighted by molar-refractivity contribution is 5.86. The summed E-state index contributed by atoms with van der Waals surface area (Å²) in [6, 6.07) is 16.3. The van der Waals surface area contributed by atoms with E-state index in [-0.39, 0.29) is 43.4 Å². The van der Waals surface area contributed by atoms with Crippen LogP contribution in [0.2, 0.25) is 0 Å². The lowest BCUT2D eigenvalue weighted by Crippen LogP contribution is -2.68. The second kappa shape index (κ2) is 8.76. The highest BCUT2D eigenvalue weighted by Crippen LogP contribution is 2.44. The summed E-state index contributed by atoms with van der Waals surface area (Å²) >= 11 is 0. The van der Waals surface area contributed by atoms with E-state index in [1.54, 1.807) is 0 Å². The third kappa shape index (κ3) is 3.92. The molecule has 1 saturated carbocycles. The molecule has 2 atom stereocenters. The number of amides is 2. The first kappa shape index (κ1) is 22.4. The average molecular weight is 465 g/mol. The molecule has 3 N–H and O–H groups in total. The lowest BCUT2D eigenvalue weighted by atomic mass is 9.89. The van der Waals surface area contributed by atoms with Crippen LogP contribution in [0.4, 0.5) is 4.79 Å². The number of hydrogen-bond donors (Lipinski definition) is 3. The molecule has 3 aliphatic rings. The molecule has 5 rings (SSSR count). The Balaban J connectivity index is 1.14. The second-order valence-electron chi connectivity index (χ2n) is 9.53. The number of carboxylic acid groups (broad SMARTS) is 1. The molecule has 0 bridgehead atoms. The Morgan fingerprint density at radius 3 is 2.24 bits per heavy atom. The minimum Gasteiger partial charge on any atom is -0.479 e. The molecule has 8 heteroatoms. The van der Waals surface area contributed by atoms with Crippen LogP contribution in [-0.2, 0) is 14.3 Å². The number of aliphatic hydroxyl groups is 1. The van der Waals surface area contributed by atoms with Crippen molar-refractivity contribution in [3.05, 3.63) is 59.7 Å². The van der Waals surface area contributed by atoms with Crippen LogP contribution < -0.4 is 5.32 Å². The number of carbonyl (C=O) groups excluding carboxylic acids is 2. The highest BCUT2D eigenvalue weighted by Gasteiger charge is 2.52. The normalized spacial score (nSPS) is 22.4. The van der Waals surface area contributed by atoms with Crippen LogP contribution in [0.3, 0.4) is 0 Å². The topological polar surface area (TPSA) is 116 Å². The monoisotopic (exact) mass is 464 g/mol. The van der Waals surface area contributed by atoms with Crippen molar-refractivity contribution in [2.24, 2.45) is 11.8 Å². The lowest BCUT2D eigenvalue weighted by Gasteiger charge is -2.44. The Morgan fingerprint density at radius 2 is 1.62 bits per heavy atom. The van der Waals surface area contributed by atoms with Crippen molar-refractivity contribution in [1.29, 1.82) is 0 Å². The zero-order chi connectivity index (χ0) is 23.9. The van der Waals surface area contributed by atoms with E-state index in [1.165, 1.54) is 16.0 Å². The van der Waals surface area contributed by atoms with Crippen molar-refractivity contribution in [2.75, 3.05) is 26.2 Å². The van der Waals surface area contributed by atoms with Crippen LogP contribution in [0.15, 0.2) is 48.5 Å². The Morgan fingerprint density at radius 1 is 1.00 bits per heavy atom. The van der Waals surface area contributed by atoms with Gasteiger partial charge in [-0.25, -0.2) is 9.59 Å². The van der Waals surface area contributed by atoms with E-state index in [4.69, 9.17) is 9.84 Å². The van der Waals surface area contributed by atoms with Crippen molar-refractivity contribution in [1.82, 2.24) is 10.2 Å². The molecule has 0 radical (unpaired) electrons. The summed E-state index contributed by atoms with van der Waals surface area (Å²) in [7, 11) is 0. The van der Waals surface area contributed by atoms with Gasteiger partial charge in [0.1, 0.15) is 6.61 Å². The summed E-state index contributed by atoms with van der Waals surface area (Å²) < 4.78 is 5.58. The van der Waals surface area contributed by atoms with Gasteiger partial charge in [0.05, 0.1) is 13.1 Å². The van der Waals surface area contributed by atoms with Gasteiger partial charge < -0.3 is 25.2 Å². The molecule has 2 fully saturated rings. The van der Waals surface area contributed by atoms with Crippen molar-refractivity contribution >= 4 is 18.0 Å². The molecule has 2 aliphatic carbocycles. The molecule has 178 valence electrons. The molecule has 2 aromatic rings. The number of β-amino-alcohol motifs (C(OH)–C–C–N with tert-alkyl or cyclic N) is 1. The number of fused-ring (bicyclic) bond motifs is 3. The summed E-state index contributed by atoms with van der Waals surface area (Å²) in [6.45, 7) is 0.174. The quantitative estimate of drug-likeness (QED) is 0.605. The number of alkyl carbamates (subject to hydrolysis) is 1. The summed E-state index contributed by atoms with van der Waals surface area (Å²) in [5, 5.41) is 21.8. The zero-order valence-electron chi connectivity index (χ0n) is 18.8. The van der Waals surface area contributed by atoms with Gasteiger partial charge in [0.2, 0.25) is 5.91 Å². The first-order chi connectivity index (χ1) is 16.4. The fraction of sp³-hybridized carbons (Fsp3) is 0.423. The minimum atomic E-state index is -1.84. The second-order valence-corrected chi connectivity index (χ2v) is 9.53. The maximum Gasteiger partial charge on any atom is 0.407 e. The van der Waals surface area contributed by atoms with Crippen LogP contribution in [0.1, 0.15) is 36.3 Å².